The first-order chi connectivity index (χ1) is 25.0. The smallest absolute Gasteiger partial charge is 0.130 e. The number of rotatable bonds is 18. The van der Waals surface area contributed by atoms with Gasteiger partial charge in [-0.1, -0.05) is 66.7 Å². The van der Waals surface area contributed by atoms with Crippen LogP contribution >= 0.6 is 0 Å². The Labute approximate surface area is 303 Å². The second-order valence-electron chi connectivity index (χ2n) is 12.0. The summed E-state index contributed by atoms with van der Waals surface area (Å²) in [7, 11) is 0. The van der Waals surface area contributed by atoms with E-state index in [4.69, 9.17) is 14.9 Å². The number of anilines is 5. The van der Waals surface area contributed by atoms with Crippen molar-refractivity contribution in [3.8, 4) is 5.75 Å². The standard InChI is InChI=1S/C43H50N6O2/c1-5-46(6-2)37-27-24-35(25-28-37)31-44-48(38-18-12-9-13-19-38)33-42(50)34-51-43-30-41(47(7-3)8-4)29-26-36(43)32-45-49(39-20-14-10-15-21-39)40-22-16-11-17-23-40/h9-32,42,50H,5-8,33-34H2,1-4H3. The molecule has 1 unspecified atom stereocenters. The SMILES string of the molecule is CCN(CC)c1ccc(C=NN(CC(O)COc2cc(N(CC)CC)ccc2C=NN(c2ccccc2)c2ccccc2)c2ccccc2)cc1. The van der Waals surface area contributed by atoms with E-state index in [1.165, 1.54) is 5.69 Å². The molecule has 0 radical (unpaired) electrons. The maximum atomic E-state index is 11.4. The predicted octanol–water partition coefficient (Wildman–Crippen LogP) is 8.83. The van der Waals surface area contributed by atoms with E-state index in [0.717, 1.165) is 60.1 Å². The van der Waals surface area contributed by atoms with Crippen molar-refractivity contribution in [2.24, 2.45) is 10.2 Å². The van der Waals surface area contributed by atoms with Gasteiger partial charge in [-0.05, 0) is 93.9 Å². The van der Waals surface area contributed by atoms with Crippen molar-refractivity contribution >= 4 is 40.9 Å². The largest absolute Gasteiger partial charge is 0.490 e. The van der Waals surface area contributed by atoms with Crippen LogP contribution < -0.4 is 24.6 Å². The predicted molar refractivity (Wildman–Crippen MR) is 216 cm³/mol. The fourth-order valence-electron chi connectivity index (χ4n) is 5.83. The van der Waals surface area contributed by atoms with Crippen molar-refractivity contribution in [3.63, 3.8) is 0 Å². The van der Waals surface area contributed by atoms with Gasteiger partial charge in [-0.15, -0.1) is 0 Å². The number of nitrogens with zero attached hydrogens (tertiary/aromatic N) is 6. The number of aliphatic hydroxyl groups excluding tert-OH is 1. The van der Waals surface area contributed by atoms with Gasteiger partial charge in [0.1, 0.15) is 18.5 Å². The quantitative estimate of drug-likeness (QED) is 0.0736. The number of hydrogen-bond donors (Lipinski definition) is 1. The Morgan fingerprint density at radius 1 is 0.569 bits per heavy atom. The van der Waals surface area contributed by atoms with Crippen LogP contribution in [0.4, 0.5) is 28.4 Å². The Balaban J connectivity index is 1.36. The van der Waals surface area contributed by atoms with Crippen molar-refractivity contribution in [3.05, 3.63) is 145 Å². The van der Waals surface area contributed by atoms with Crippen LogP contribution in [-0.2, 0) is 0 Å². The fourth-order valence-corrected chi connectivity index (χ4v) is 5.83. The van der Waals surface area contributed by atoms with Gasteiger partial charge >= 0.3 is 0 Å². The zero-order valence-corrected chi connectivity index (χ0v) is 30.2. The Hall–Kier alpha value is -5.60. The molecule has 0 saturated heterocycles. The van der Waals surface area contributed by atoms with Gasteiger partial charge in [-0.2, -0.15) is 10.2 Å². The molecule has 8 heteroatoms. The van der Waals surface area contributed by atoms with Gasteiger partial charge in [0, 0.05) is 49.2 Å². The molecular weight excluding hydrogens is 633 g/mol. The number of para-hydroxylation sites is 3. The molecule has 0 saturated carbocycles. The number of aliphatic hydroxyl groups is 1. The van der Waals surface area contributed by atoms with Gasteiger partial charge in [0.05, 0.1) is 36.0 Å². The Bertz CT molecular complexity index is 1750. The summed E-state index contributed by atoms with van der Waals surface area (Å²) in [5.74, 6) is 0.645. The summed E-state index contributed by atoms with van der Waals surface area (Å²) in [4.78, 5) is 4.58. The highest BCUT2D eigenvalue weighted by atomic mass is 16.5. The maximum absolute atomic E-state index is 11.4. The molecule has 5 aromatic rings. The lowest BCUT2D eigenvalue weighted by Gasteiger charge is -2.24. The molecule has 0 aliphatic heterocycles. The van der Waals surface area contributed by atoms with E-state index in [0.29, 0.717) is 5.75 Å². The molecule has 1 atom stereocenters. The summed E-state index contributed by atoms with van der Waals surface area (Å²) in [5, 5.41) is 24.8. The average Bonchev–Trinajstić information content (AvgIpc) is 3.19. The molecule has 0 aromatic heterocycles. The molecule has 0 amide bonds. The second-order valence-corrected chi connectivity index (χ2v) is 12.0. The van der Waals surface area contributed by atoms with Gasteiger partial charge in [0.2, 0.25) is 0 Å². The zero-order valence-electron chi connectivity index (χ0n) is 30.2. The highest BCUT2D eigenvalue weighted by molar-refractivity contribution is 5.86. The molecule has 0 heterocycles. The summed E-state index contributed by atoms with van der Waals surface area (Å²) >= 11 is 0. The van der Waals surface area contributed by atoms with Gasteiger partial charge in [-0.3, -0.25) is 5.01 Å². The molecule has 1 N–H and O–H groups in total. The van der Waals surface area contributed by atoms with Crippen LogP contribution in [0.3, 0.4) is 0 Å². The molecule has 0 spiro atoms. The summed E-state index contributed by atoms with van der Waals surface area (Å²) in [5.41, 5.74) is 6.79. The van der Waals surface area contributed by atoms with E-state index < -0.39 is 6.10 Å². The first-order valence-corrected chi connectivity index (χ1v) is 17.9. The minimum absolute atomic E-state index is 0.0705. The Morgan fingerprint density at radius 3 is 1.63 bits per heavy atom. The molecule has 0 fully saturated rings. The van der Waals surface area contributed by atoms with Crippen LogP contribution in [0.2, 0.25) is 0 Å². The number of hydrogen-bond acceptors (Lipinski definition) is 8. The normalized spacial score (nSPS) is 11.9. The molecule has 51 heavy (non-hydrogen) atoms. The molecule has 0 aliphatic carbocycles. The Kier molecular flexibility index (Phi) is 13.6. The number of hydrazone groups is 2. The molecule has 5 rings (SSSR count). The van der Waals surface area contributed by atoms with E-state index in [2.05, 4.69) is 67.8 Å². The van der Waals surface area contributed by atoms with Crippen LogP contribution in [0.25, 0.3) is 0 Å². The summed E-state index contributed by atoms with van der Waals surface area (Å²) in [6.45, 7) is 12.6. The zero-order chi connectivity index (χ0) is 35.8. The lowest BCUT2D eigenvalue weighted by molar-refractivity contribution is 0.112. The lowest BCUT2D eigenvalue weighted by atomic mass is 10.1. The average molecular weight is 683 g/mol. The first kappa shape index (κ1) is 36.7. The highest BCUT2D eigenvalue weighted by Crippen LogP contribution is 2.28. The van der Waals surface area contributed by atoms with Crippen LogP contribution in [0.15, 0.2) is 144 Å². The minimum Gasteiger partial charge on any atom is -0.490 e. The third-order valence-corrected chi connectivity index (χ3v) is 8.68. The van der Waals surface area contributed by atoms with Crippen LogP contribution in [0.5, 0.6) is 5.75 Å². The molecule has 0 aliphatic rings. The lowest BCUT2D eigenvalue weighted by Crippen LogP contribution is -2.33. The van der Waals surface area contributed by atoms with Crippen LogP contribution in [-0.4, -0.2) is 63.0 Å². The first-order valence-electron chi connectivity index (χ1n) is 17.9. The maximum Gasteiger partial charge on any atom is 0.130 e. The summed E-state index contributed by atoms with van der Waals surface area (Å²) < 4.78 is 6.41. The Morgan fingerprint density at radius 2 is 1.08 bits per heavy atom. The summed E-state index contributed by atoms with van der Waals surface area (Å²) in [6.07, 6.45) is 2.82. The topological polar surface area (TPSA) is 67.1 Å². The molecular formula is C43H50N6O2. The van der Waals surface area contributed by atoms with Crippen molar-refractivity contribution < 1.29 is 9.84 Å². The number of ether oxygens (including phenoxy) is 1. The van der Waals surface area contributed by atoms with Crippen molar-refractivity contribution in [1.29, 1.82) is 0 Å². The van der Waals surface area contributed by atoms with E-state index in [-0.39, 0.29) is 13.2 Å². The second kappa shape index (κ2) is 19.0. The molecule has 8 nitrogen and oxygen atoms in total. The van der Waals surface area contributed by atoms with Crippen molar-refractivity contribution in [2.75, 3.05) is 59.1 Å². The van der Waals surface area contributed by atoms with Gasteiger partial charge in [0.15, 0.2) is 0 Å². The summed E-state index contributed by atoms with van der Waals surface area (Å²) in [6, 6.07) is 44.5. The molecule has 264 valence electrons. The molecule has 5 aromatic carbocycles. The highest BCUT2D eigenvalue weighted by Gasteiger charge is 2.16. The van der Waals surface area contributed by atoms with Gasteiger partial charge < -0.3 is 19.6 Å². The third-order valence-electron chi connectivity index (χ3n) is 8.68. The van der Waals surface area contributed by atoms with E-state index in [9.17, 15) is 5.11 Å². The van der Waals surface area contributed by atoms with Crippen LogP contribution in [0, 0.1) is 0 Å². The van der Waals surface area contributed by atoms with E-state index in [1.54, 1.807) is 0 Å². The van der Waals surface area contributed by atoms with Gasteiger partial charge in [-0.25, -0.2) is 5.01 Å². The van der Waals surface area contributed by atoms with E-state index >= 15 is 0 Å². The van der Waals surface area contributed by atoms with E-state index in [1.807, 2.05) is 126 Å². The molecule has 0 bridgehead atoms. The number of benzene rings is 5. The van der Waals surface area contributed by atoms with Crippen LogP contribution in [0.1, 0.15) is 38.8 Å². The van der Waals surface area contributed by atoms with Crippen molar-refractivity contribution in [1.82, 2.24) is 0 Å². The monoisotopic (exact) mass is 682 g/mol. The van der Waals surface area contributed by atoms with Crippen molar-refractivity contribution in [2.45, 2.75) is 33.8 Å². The van der Waals surface area contributed by atoms with Gasteiger partial charge in [0.25, 0.3) is 0 Å². The minimum atomic E-state index is -0.834. The fraction of sp³-hybridized carbons (Fsp3) is 0.256. The third kappa shape index (κ3) is 10.2.